The van der Waals surface area contributed by atoms with E-state index in [1.165, 1.54) is 11.3 Å². The summed E-state index contributed by atoms with van der Waals surface area (Å²) >= 11 is 8.91. The Kier molecular flexibility index (Phi) is 4.63. The molecule has 1 heterocycles. The predicted octanol–water partition coefficient (Wildman–Crippen LogP) is 3.72. The zero-order valence-corrected chi connectivity index (χ0v) is 11.7. The highest BCUT2D eigenvalue weighted by Crippen LogP contribution is 2.27. The molecule has 1 N–H and O–H groups in total. The molecule has 0 radical (unpaired) electrons. The molecule has 0 bridgehead atoms. The summed E-state index contributed by atoms with van der Waals surface area (Å²) in [5, 5.41) is 8.67. The van der Waals surface area contributed by atoms with E-state index in [1.807, 2.05) is 24.3 Å². The average molecular weight is 300 g/mol. The van der Waals surface area contributed by atoms with Crippen LogP contribution in [0, 0.1) is 0 Å². The van der Waals surface area contributed by atoms with Gasteiger partial charge in [-0.05, 0) is 17.7 Å². The Morgan fingerprint density at radius 2 is 2.11 bits per heavy atom. The number of aliphatic carboxylic acids is 1. The first-order valence-corrected chi connectivity index (χ1v) is 7.35. The second-order valence-corrected chi connectivity index (χ2v) is 6.33. The quantitative estimate of drug-likeness (QED) is 0.855. The van der Waals surface area contributed by atoms with Crippen molar-refractivity contribution in [3.8, 4) is 0 Å². The van der Waals surface area contributed by atoms with Crippen molar-refractivity contribution >= 4 is 40.7 Å². The monoisotopic (exact) mass is 299 g/mol. The van der Waals surface area contributed by atoms with Crippen molar-refractivity contribution in [1.82, 2.24) is 4.98 Å². The number of hydrogen-bond donors (Lipinski definition) is 1. The highest BCUT2D eigenvalue weighted by molar-refractivity contribution is 7.98. The lowest BCUT2D eigenvalue weighted by atomic mass is 10.2. The van der Waals surface area contributed by atoms with Gasteiger partial charge in [-0.1, -0.05) is 23.7 Å². The van der Waals surface area contributed by atoms with Crippen molar-refractivity contribution in [3.63, 3.8) is 0 Å². The summed E-state index contributed by atoms with van der Waals surface area (Å²) in [5.74, 6) is 0.0116. The van der Waals surface area contributed by atoms with Gasteiger partial charge in [0.15, 0.2) is 4.47 Å². The summed E-state index contributed by atoms with van der Waals surface area (Å²) in [6, 6.07) is 7.56. The molecule has 0 atom stereocenters. The standard InChI is InChI=1S/C12H10ClNO2S2/c13-12-14-6-10(18-12)7-17-9-3-1-8(2-4-9)5-11(15)16/h1-4,6H,5,7H2,(H,15,16). The van der Waals surface area contributed by atoms with Gasteiger partial charge in [-0.25, -0.2) is 4.98 Å². The normalized spacial score (nSPS) is 10.5. The Hall–Kier alpha value is -1.04. The van der Waals surface area contributed by atoms with Gasteiger partial charge >= 0.3 is 5.97 Å². The van der Waals surface area contributed by atoms with Crippen LogP contribution in [0.25, 0.3) is 0 Å². The van der Waals surface area contributed by atoms with Crippen LogP contribution in [0.15, 0.2) is 35.4 Å². The molecule has 2 rings (SSSR count). The molecule has 0 amide bonds. The first kappa shape index (κ1) is 13.4. The van der Waals surface area contributed by atoms with Crippen LogP contribution >= 0.6 is 34.7 Å². The van der Waals surface area contributed by atoms with E-state index in [2.05, 4.69) is 4.98 Å². The number of rotatable bonds is 5. The van der Waals surface area contributed by atoms with Crippen molar-refractivity contribution in [2.45, 2.75) is 17.1 Å². The van der Waals surface area contributed by atoms with Crippen molar-refractivity contribution < 1.29 is 9.90 Å². The lowest BCUT2D eigenvalue weighted by Crippen LogP contribution is -1.99. The van der Waals surface area contributed by atoms with Crippen molar-refractivity contribution in [3.05, 3.63) is 45.4 Å². The lowest BCUT2D eigenvalue weighted by Gasteiger charge is -2.01. The number of halogens is 1. The summed E-state index contributed by atoms with van der Waals surface area (Å²) in [7, 11) is 0. The minimum atomic E-state index is -0.810. The molecule has 94 valence electrons. The number of carboxylic acids is 1. The van der Waals surface area contributed by atoms with Crippen LogP contribution in [-0.2, 0) is 17.0 Å². The second kappa shape index (κ2) is 6.22. The summed E-state index contributed by atoms with van der Waals surface area (Å²) in [5.41, 5.74) is 0.813. The van der Waals surface area contributed by atoms with Gasteiger partial charge in [-0.3, -0.25) is 4.79 Å². The minimum Gasteiger partial charge on any atom is -0.481 e. The topological polar surface area (TPSA) is 50.2 Å². The van der Waals surface area contributed by atoms with E-state index in [4.69, 9.17) is 16.7 Å². The molecule has 0 unspecified atom stereocenters. The zero-order chi connectivity index (χ0) is 13.0. The minimum absolute atomic E-state index is 0.0649. The first-order valence-electron chi connectivity index (χ1n) is 5.17. The van der Waals surface area contributed by atoms with Crippen LogP contribution in [0.4, 0.5) is 0 Å². The lowest BCUT2D eigenvalue weighted by molar-refractivity contribution is -0.136. The highest BCUT2D eigenvalue weighted by Gasteiger charge is 2.03. The predicted molar refractivity (Wildman–Crippen MR) is 74.5 cm³/mol. The van der Waals surface area contributed by atoms with E-state index < -0.39 is 5.97 Å². The Morgan fingerprint density at radius 1 is 1.39 bits per heavy atom. The maximum absolute atomic E-state index is 10.5. The van der Waals surface area contributed by atoms with Gasteiger partial charge in [0.25, 0.3) is 0 Å². The van der Waals surface area contributed by atoms with Gasteiger partial charge in [-0.2, -0.15) is 0 Å². The van der Waals surface area contributed by atoms with Crippen LogP contribution in [0.2, 0.25) is 4.47 Å². The summed E-state index contributed by atoms with van der Waals surface area (Å²) in [4.78, 5) is 16.8. The van der Waals surface area contributed by atoms with Gasteiger partial charge in [0.05, 0.1) is 6.42 Å². The van der Waals surface area contributed by atoms with Crippen molar-refractivity contribution in [1.29, 1.82) is 0 Å². The SMILES string of the molecule is O=C(O)Cc1ccc(SCc2cnc(Cl)s2)cc1. The van der Waals surface area contributed by atoms with E-state index in [0.717, 1.165) is 21.1 Å². The van der Waals surface area contributed by atoms with Gasteiger partial charge in [0.2, 0.25) is 0 Å². The number of carboxylic acid groups (broad SMARTS) is 1. The number of aromatic nitrogens is 1. The van der Waals surface area contributed by atoms with E-state index in [9.17, 15) is 4.79 Å². The smallest absolute Gasteiger partial charge is 0.307 e. The molecule has 0 saturated heterocycles. The molecule has 0 spiro atoms. The van der Waals surface area contributed by atoms with E-state index >= 15 is 0 Å². The molecule has 3 nitrogen and oxygen atoms in total. The van der Waals surface area contributed by atoms with Crippen molar-refractivity contribution in [2.24, 2.45) is 0 Å². The third-order valence-electron chi connectivity index (χ3n) is 2.19. The molecule has 0 aliphatic heterocycles. The Labute approximate surface area is 118 Å². The molecular formula is C12H10ClNO2S2. The van der Waals surface area contributed by atoms with Crippen LogP contribution in [0.1, 0.15) is 10.4 Å². The fourth-order valence-electron chi connectivity index (χ4n) is 1.38. The van der Waals surface area contributed by atoms with E-state index in [1.54, 1.807) is 18.0 Å². The third-order valence-corrected chi connectivity index (χ3v) is 4.54. The molecule has 1 aromatic heterocycles. The second-order valence-electron chi connectivity index (χ2n) is 3.58. The number of thiazole rings is 1. The Bertz CT molecular complexity index is 539. The molecule has 18 heavy (non-hydrogen) atoms. The number of nitrogens with zero attached hydrogens (tertiary/aromatic N) is 1. The van der Waals surface area contributed by atoms with Crippen LogP contribution < -0.4 is 0 Å². The van der Waals surface area contributed by atoms with Gasteiger partial charge in [0.1, 0.15) is 0 Å². The van der Waals surface area contributed by atoms with Gasteiger partial charge in [0, 0.05) is 21.7 Å². The maximum atomic E-state index is 10.5. The van der Waals surface area contributed by atoms with Crippen LogP contribution in [-0.4, -0.2) is 16.1 Å². The summed E-state index contributed by atoms with van der Waals surface area (Å²) in [6.45, 7) is 0. The Morgan fingerprint density at radius 3 is 2.67 bits per heavy atom. The number of thioether (sulfide) groups is 1. The van der Waals surface area contributed by atoms with E-state index in [0.29, 0.717) is 4.47 Å². The largest absolute Gasteiger partial charge is 0.481 e. The maximum Gasteiger partial charge on any atom is 0.307 e. The zero-order valence-electron chi connectivity index (χ0n) is 9.30. The molecule has 2 aromatic rings. The van der Waals surface area contributed by atoms with Gasteiger partial charge < -0.3 is 5.11 Å². The number of benzene rings is 1. The summed E-state index contributed by atoms with van der Waals surface area (Å²) < 4.78 is 0.558. The number of carbonyl (C=O) groups is 1. The summed E-state index contributed by atoms with van der Waals surface area (Å²) in [6.07, 6.45) is 1.84. The molecule has 0 aliphatic rings. The fraction of sp³-hybridized carbons (Fsp3) is 0.167. The molecular weight excluding hydrogens is 290 g/mol. The van der Waals surface area contributed by atoms with Gasteiger partial charge in [-0.15, -0.1) is 23.1 Å². The first-order chi connectivity index (χ1) is 8.63. The fourth-order valence-corrected chi connectivity index (χ4v) is 3.28. The molecule has 0 saturated carbocycles. The highest BCUT2D eigenvalue weighted by atomic mass is 35.5. The molecule has 1 aromatic carbocycles. The van der Waals surface area contributed by atoms with E-state index in [-0.39, 0.29) is 6.42 Å². The average Bonchev–Trinajstić information content (AvgIpc) is 2.74. The Balaban J connectivity index is 1.92. The molecule has 6 heteroatoms. The van der Waals surface area contributed by atoms with Crippen LogP contribution in [0.5, 0.6) is 0 Å². The van der Waals surface area contributed by atoms with Crippen LogP contribution in [0.3, 0.4) is 0 Å². The third kappa shape index (κ3) is 4.01. The molecule has 0 fully saturated rings. The molecule has 0 aliphatic carbocycles. The van der Waals surface area contributed by atoms with Crippen molar-refractivity contribution in [2.75, 3.05) is 0 Å². The number of hydrogen-bond acceptors (Lipinski definition) is 4.